The highest BCUT2D eigenvalue weighted by atomic mass is 16.7. The summed E-state index contributed by atoms with van der Waals surface area (Å²) >= 11 is 0. The summed E-state index contributed by atoms with van der Waals surface area (Å²) in [5, 5.41) is 24.5. The number of nitro groups is 1. The molecule has 0 atom stereocenters. The summed E-state index contributed by atoms with van der Waals surface area (Å²) in [4.78, 5) is 26.4. The molecule has 0 saturated carbocycles. The van der Waals surface area contributed by atoms with E-state index in [4.69, 9.17) is 9.47 Å². The number of H-pyrrole nitrogens is 1. The number of benzene rings is 2. The molecule has 0 fully saturated rings. The molecular formula is C21H16N4O5. The molecule has 2 N–H and O–H groups in total. The van der Waals surface area contributed by atoms with Gasteiger partial charge in [0.15, 0.2) is 11.5 Å². The van der Waals surface area contributed by atoms with Gasteiger partial charge >= 0.3 is 0 Å². The Morgan fingerprint density at radius 1 is 1.30 bits per heavy atom. The maximum absolute atomic E-state index is 12.5. The van der Waals surface area contributed by atoms with E-state index in [0.717, 1.165) is 16.5 Å². The van der Waals surface area contributed by atoms with E-state index in [2.05, 4.69) is 10.3 Å². The zero-order chi connectivity index (χ0) is 21.1. The number of amides is 1. The van der Waals surface area contributed by atoms with Gasteiger partial charge in [-0.2, -0.15) is 5.26 Å². The molecule has 2 heterocycles. The molecule has 150 valence electrons. The van der Waals surface area contributed by atoms with E-state index < -0.39 is 10.8 Å². The third-order valence-electron chi connectivity index (χ3n) is 4.74. The second kappa shape index (κ2) is 7.97. The number of hydrogen-bond acceptors (Lipinski definition) is 6. The Kier molecular flexibility index (Phi) is 5.05. The van der Waals surface area contributed by atoms with Crippen LogP contribution in [0.1, 0.15) is 11.1 Å². The van der Waals surface area contributed by atoms with Gasteiger partial charge in [-0.1, -0.05) is 18.2 Å². The number of nitrogens with zero attached hydrogens (tertiary/aromatic N) is 2. The normalized spacial score (nSPS) is 12.6. The first-order valence-electron chi connectivity index (χ1n) is 9.10. The number of carbonyl (C=O) groups excluding carboxylic acids is 1. The number of aromatic amines is 1. The lowest BCUT2D eigenvalue weighted by atomic mass is 10.1. The highest BCUT2D eigenvalue weighted by molar-refractivity contribution is 6.02. The fourth-order valence-corrected chi connectivity index (χ4v) is 3.27. The zero-order valence-corrected chi connectivity index (χ0v) is 15.7. The first-order chi connectivity index (χ1) is 14.6. The van der Waals surface area contributed by atoms with E-state index in [1.165, 1.54) is 18.2 Å². The van der Waals surface area contributed by atoms with Crippen LogP contribution in [0.4, 0.5) is 5.69 Å². The first kappa shape index (κ1) is 19.0. The number of ether oxygens (including phenoxy) is 2. The molecule has 3 aromatic rings. The van der Waals surface area contributed by atoms with Crippen molar-refractivity contribution in [3.63, 3.8) is 0 Å². The van der Waals surface area contributed by atoms with Gasteiger partial charge in [0.25, 0.3) is 11.6 Å². The summed E-state index contributed by atoms with van der Waals surface area (Å²) in [6.07, 6.45) is 3.63. The predicted molar refractivity (Wildman–Crippen MR) is 108 cm³/mol. The number of nitrogens with one attached hydrogen (secondary N) is 2. The van der Waals surface area contributed by atoms with Crippen LogP contribution in [-0.4, -0.2) is 29.2 Å². The summed E-state index contributed by atoms with van der Waals surface area (Å²) < 4.78 is 10.4. The first-order valence-corrected chi connectivity index (χ1v) is 9.10. The standard InChI is InChI=1S/C21H16N4O5/c22-10-15(7-14-8-19-20(30-12-29-19)9-18(14)25(27)28)21(26)23-6-5-13-11-24-17-4-2-1-3-16(13)17/h1-4,7-9,11,24H,5-6,12H2,(H,23,26). The number of aromatic nitrogens is 1. The van der Waals surface area contributed by atoms with E-state index in [1.54, 1.807) is 6.07 Å². The molecule has 0 saturated heterocycles. The zero-order valence-electron chi connectivity index (χ0n) is 15.7. The molecule has 0 radical (unpaired) electrons. The molecule has 1 aromatic heterocycles. The van der Waals surface area contributed by atoms with Crippen molar-refractivity contribution in [2.75, 3.05) is 13.3 Å². The van der Waals surface area contributed by atoms with Gasteiger partial charge in [-0.25, -0.2) is 0 Å². The molecule has 1 aliphatic heterocycles. The largest absolute Gasteiger partial charge is 0.454 e. The number of fused-ring (bicyclic) bond motifs is 2. The number of carbonyl (C=O) groups is 1. The smallest absolute Gasteiger partial charge is 0.280 e. The van der Waals surface area contributed by atoms with Gasteiger partial charge < -0.3 is 19.8 Å². The van der Waals surface area contributed by atoms with Crippen molar-refractivity contribution in [3.05, 3.63) is 69.4 Å². The van der Waals surface area contributed by atoms with Crippen molar-refractivity contribution in [3.8, 4) is 17.6 Å². The van der Waals surface area contributed by atoms with Crippen molar-refractivity contribution in [1.29, 1.82) is 5.26 Å². The monoisotopic (exact) mass is 404 g/mol. The average Bonchev–Trinajstić information content (AvgIpc) is 3.37. The average molecular weight is 404 g/mol. The molecule has 9 nitrogen and oxygen atoms in total. The van der Waals surface area contributed by atoms with Gasteiger partial charge in [0.1, 0.15) is 11.6 Å². The third-order valence-corrected chi connectivity index (χ3v) is 4.74. The van der Waals surface area contributed by atoms with Crippen LogP contribution in [0, 0.1) is 21.4 Å². The van der Waals surface area contributed by atoms with Crippen molar-refractivity contribution in [2.45, 2.75) is 6.42 Å². The highest BCUT2D eigenvalue weighted by Gasteiger charge is 2.23. The molecule has 1 aliphatic rings. The van der Waals surface area contributed by atoms with Crippen molar-refractivity contribution in [1.82, 2.24) is 10.3 Å². The van der Waals surface area contributed by atoms with Crippen molar-refractivity contribution < 1.29 is 19.2 Å². The van der Waals surface area contributed by atoms with E-state index in [1.807, 2.05) is 30.5 Å². The predicted octanol–water partition coefficient (Wildman–Crippen LogP) is 3.07. The summed E-state index contributed by atoms with van der Waals surface area (Å²) in [6, 6.07) is 12.2. The highest BCUT2D eigenvalue weighted by Crippen LogP contribution is 2.38. The number of para-hydroxylation sites is 1. The Morgan fingerprint density at radius 2 is 2.07 bits per heavy atom. The summed E-state index contributed by atoms with van der Waals surface area (Å²) in [5.74, 6) is -0.0336. The van der Waals surface area contributed by atoms with Gasteiger partial charge in [0.05, 0.1) is 16.6 Å². The van der Waals surface area contributed by atoms with Crippen LogP contribution in [0.3, 0.4) is 0 Å². The van der Waals surface area contributed by atoms with E-state index >= 15 is 0 Å². The fraction of sp³-hybridized carbons (Fsp3) is 0.143. The minimum atomic E-state index is -0.607. The van der Waals surface area contributed by atoms with E-state index in [9.17, 15) is 20.2 Å². The third kappa shape index (κ3) is 3.66. The Balaban J connectivity index is 1.50. The fourth-order valence-electron chi connectivity index (χ4n) is 3.27. The Morgan fingerprint density at radius 3 is 2.83 bits per heavy atom. The van der Waals surface area contributed by atoms with Gasteiger partial charge in [-0.05, 0) is 30.2 Å². The maximum Gasteiger partial charge on any atom is 0.280 e. The maximum atomic E-state index is 12.5. The second-order valence-corrected chi connectivity index (χ2v) is 6.56. The Labute approximate surface area is 170 Å². The Bertz CT molecular complexity index is 1220. The number of hydrogen-bond donors (Lipinski definition) is 2. The topological polar surface area (TPSA) is 130 Å². The Hall–Kier alpha value is -4.32. The number of rotatable bonds is 6. The quantitative estimate of drug-likeness (QED) is 0.281. The molecule has 0 spiro atoms. The molecule has 0 aliphatic carbocycles. The van der Waals surface area contributed by atoms with Crippen LogP contribution < -0.4 is 14.8 Å². The number of nitro benzene ring substituents is 1. The van der Waals surface area contributed by atoms with Gasteiger partial charge in [0, 0.05) is 23.6 Å². The molecule has 0 bridgehead atoms. The van der Waals surface area contributed by atoms with Crippen LogP contribution in [0.15, 0.2) is 48.2 Å². The van der Waals surface area contributed by atoms with E-state index in [0.29, 0.717) is 18.7 Å². The lowest BCUT2D eigenvalue weighted by Gasteiger charge is -2.05. The van der Waals surface area contributed by atoms with Crippen molar-refractivity contribution in [2.24, 2.45) is 0 Å². The second-order valence-electron chi connectivity index (χ2n) is 6.56. The van der Waals surface area contributed by atoms with Crippen LogP contribution in [-0.2, 0) is 11.2 Å². The van der Waals surface area contributed by atoms with Gasteiger partial charge in [-0.3, -0.25) is 14.9 Å². The van der Waals surface area contributed by atoms with Gasteiger partial charge in [-0.15, -0.1) is 0 Å². The lowest BCUT2D eigenvalue weighted by Crippen LogP contribution is -2.26. The molecule has 9 heteroatoms. The van der Waals surface area contributed by atoms with Gasteiger partial charge in [0.2, 0.25) is 6.79 Å². The van der Waals surface area contributed by atoms with E-state index in [-0.39, 0.29) is 29.4 Å². The molecule has 4 rings (SSSR count). The minimum Gasteiger partial charge on any atom is -0.454 e. The summed E-state index contributed by atoms with van der Waals surface area (Å²) in [6.45, 7) is 0.266. The lowest BCUT2D eigenvalue weighted by molar-refractivity contribution is -0.385. The van der Waals surface area contributed by atoms with Crippen LogP contribution in [0.2, 0.25) is 0 Å². The summed E-state index contributed by atoms with van der Waals surface area (Å²) in [7, 11) is 0. The summed E-state index contributed by atoms with van der Waals surface area (Å²) in [5.41, 5.74) is 1.62. The molecule has 1 amide bonds. The molecule has 30 heavy (non-hydrogen) atoms. The molecular weight excluding hydrogens is 388 g/mol. The number of nitriles is 1. The molecule has 0 unspecified atom stereocenters. The minimum absolute atomic E-state index is 0.0426. The van der Waals surface area contributed by atoms with Crippen LogP contribution >= 0.6 is 0 Å². The van der Waals surface area contributed by atoms with Crippen LogP contribution in [0.25, 0.3) is 17.0 Å². The molecule has 2 aromatic carbocycles. The van der Waals surface area contributed by atoms with Crippen molar-refractivity contribution >= 4 is 28.6 Å². The van der Waals surface area contributed by atoms with Crippen LogP contribution in [0.5, 0.6) is 11.5 Å². The SMILES string of the molecule is N#CC(=Cc1cc2c(cc1[N+](=O)[O-])OCO2)C(=O)NCCc1c[nH]c2ccccc12.